The van der Waals surface area contributed by atoms with E-state index >= 15 is 0 Å². The van der Waals surface area contributed by atoms with Crippen LogP contribution in [-0.2, 0) is 4.79 Å². The Morgan fingerprint density at radius 3 is 2.17 bits per heavy atom. The van der Waals surface area contributed by atoms with Crippen molar-refractivity contribution >= 4 is 23.2 Å². The summed E-state index contributed by atoms with van der Waals surface area (Å²) in [7, 11) is 0. The van der Waals surface area contributed by atoms with Gasteiger partial charge in [0.25, 0.3) is 0 Å². The first kappa shape index (κ1) is 25.6. The van der Waals surface area contributed by atoms with Crippen LogP contribution in [0.5, 0.6) is 5.75 Å². The Bertz CT molecular complexity index is 1270. The van der Waals surface area contributed by atoms with Crippen LogP contribution in [0, 0.1) is 0 Å². The topological polar surface area (TPSA) is 41.9 Å². The third kappa shape index (κ3) is 5.51. The summed E-state index contributed by atoms with van der Waals surface area (Å²) >= 11 is 6.00. The number of ether oxygens (including phenoxy) is 1. The molecule has 1 heterocycles. The van der Waals surface area contributed by atoms with E-state index in [0.717, 1.165) is 28.3 Å². The smallest absolute Gasteiger partial charge is 0.406 e. The van der Waals surface area contributed by atoms with Crippen LogP contribution in [0.2, 0.25) is 5.02 Å². The van der Waals surface area contributed by atoms with Gasteiger partial charge >= 0.3 is 18.2 Å². The van der Waals surface area contributed by atoms with E-state index in [4.69, 9.17) is 11.6 Å². The third-order valence-electron chi connectivity index (χ3n) is 5.77. The van der Waals surface area contributed by atoms with Gasteiger partial charge in [0, 0.05) is 23.4 Å². The minimum atomic E-state index is -4.87. The number of hydrogen-bond donors (Lipinski definition) is 0. The highest BCUT2D eigenvalue weighted by atomic mass is 35.5. The fourth-order valence-electron chi connectivity index (χ4n) is 3.95. The lowest BCUT2D eigenvalue weighted by molar-refractivity contribution is -0.274. The van der Waals surface area contributed by atoms with Crippen molar-refractivity contribution in [3.8, 4) is 16.9 Å². The second kappa shape index (κ2) is 9.89. The van der Waals surface area contributed by atoms with Crippen LogP contribution >= 0.6 is 11.6 Å². The molecule has 0 fully saturated rings. The number of benzene rings is 3. The highest BCUT2D eigenvalue weighted by Gasteiger charge is 2.46. The van der Waals surface area contributed by atoms with E-state index in [1.807, 2.05) is 24.3 Å². The summed E-state index contributed by atoms with van der Waals surface area (Å²) in [6.45, 7) is 1.19. The summed E-state index contributed by atoms with van der Waals surface area (Å²) in [6.07, 6.45) is -5.52. The molecule has 0 N–H and O–H groups in total. The van der Waals surface area contributed by atoms with Gasteiger partial charge in [-0.15, -0.1) is 13.2 Å². The number of alkyl halides is 5. The third-order valence-corrected chi connectivity index (χ3v) is 6.02. The highest BCUT2D eigenvalue weighted by molar-refractivity contribution is 6.30. The molecule has 0 radical (unpaired) electrons. The summed E-state index contributed by atoms with van der Waals surface area (Å²) < 4.78 is 70.4. The van der Waals surface area contributed by atoms with E-state index in [0.29, 0.717) is 21.9 Å². The molecule has 0 bridgehead atoms. The SMILES string of the molecule is CCC(F)(F)C(=O)N1N=C(c2ccccc2-c2ccc(Cl)cc2)CC1c1ccc(OC(F)(F)F)cc1. The average Bonchev–Trinajstić information content (AvgIpc) is 3.28. The number of amides is 1. The van der Waals surface area contributed by atoms with Crippen molar-refractivity contribution in [3.63, 3.8) is 0 Å². The Hall–Kier alpha value is -3.46. The largest absolute Gasteiger partial charge is 0.573 e. The quantitative estimate of drug-likeness (QED) is 0.312. The summed E-state index contributed by atoms with van der Waals surface area (Å²) in [5, 5.41) is 5.58. The van der Waals surface area contributed by atoms with Gasteiger partial charge in [0.05, 0.1) is 11.8 Å². The fourth-order valence-corrected chi connectivity index (χ4v) is 4.07. The molecule has 1 unspecified atom stereocenters. The van der Waals surface area contributed by atoms with E-state index in [-0.39, 0.29) is 6.42 Å². The first-order valence-corrected chi connectivity index (χ1v) is 11.4. The molecular weight excluding hydrogens is 503 g/mol. The molecule has 1 aliphatic heterocycles. The van der Waals surface area contributed by atoms with Gasteiger partial charge in [-0.2, -0.15) is 13.9 Å². The maximum absolute atomic E-state index is 14.4. The summed E-state index contributed by atoms with van der Waals surface area (Å²) in [5.74, 6) is -5.61. The van der Waals surface area contributed by atoms with Crippen molar-refractivity contribution in [2.24, 2.45) is 5.10 Å². The van der Waals surface area contributed by atoms with Gasteiger partial charge in [0.1, 0.15) is 5.75 Å². The van der Waals surface area contributed by atoms with Crippen LogP contribution in [0.3, 0.4) is 0 Å². The van der Waals surface area contributed by atoms with E-state index in [2.05, 4.69) is 9.84 Å². The predicted octanol–water partition coefficient (Wildman–Crippen LogP) is 7.63. The lowest BCUT2D eigenvalue weighted by Gasteiger charge is -2.25. The second-order valence-electron chi connectivity index (χ2n) is 8.14. The number of hydrazone groups is 1. The van der Waals surface area contributed by atoms with Gasteiger partial charge in [-0.3, -0.25) is 4.79 Å². The van der Waals surface area contributed by atoms with Gasteiger partial charge in [-0.05, 0) is 41.0 Å². The highest BCUT2D eigenvalue weighted by Crippen LogP contribution is 2.39. The van der Waals surface area contributed by atoms with Crippen molar-refractivity contribution in [1.82, 2.24) is 5.01 Å². The lowest BCUT2D eigenvalue weighted by Crippen LogP contribution is -2.40. The number of carbonyl (C=O) groups excluding carboxylic acids is 1. The molecule has 188 valence electrons. The molecule has 4 nitrogen and oxygen atoms in total. The van der Waals surface area contributed by atoms with E-state index in [1.54, 1.807) is 24.3 Å². The monoisotopic (exact) mass is 522 g/mol. The molecule has 3 aromatic rings. The molecule has 0 spiro atoms. The summed E-state index contributed by atoms with van der Waals surface area (Å²) in [4.78, 5) is 12.8. The zero-order valence-electron chi connectivity index (χ0n) is 18.9. The van der Waals surface area contributed by atoms with E-state index < -0.39 is 36.4 Å². The first-order chi connectivity index (χ1) is 17.0. The molecule has 36 heavy (non-hydrogen) atoms. The second-order valence-corrected chi connectivity index (χ2v) is 8.58. The van der Waals surface area contributed by atoms with Gasteiger partial charge in [-0.1, -0.05) is 67.1 Å². The van der Waals surface area contributed by atoms with Crippen molar-refractivity contribution in [2.75, 3.05) is 0 Å². The Balaban J connectivity index is 1.73. The standard InChI is InChI=1S/C26H20ClF5N2O2/c1-2-25(28,29)24(35)34-23(17-9-13-19(14-10-17)36-26(30,31)32)15-22(33-34)21-6-4-3-5-20(21)16-7-11-18(27)12-8-16/h3-14,23H,2,15H2,1H3. The Morgan fingerprint density at radius 1 is 0.972 bits per heavy atom. The average molecular weight is 523 g/mol. The first-order valence-electron chi connectivity index (χ1n) is 11.0. The van der Waals surface area contributed by atoms with E-state index in [9.17, 15) is 26.7 Å². The Labute approximate surface area is 208 Å². The molecule has 0 saturated heterocycles. The number of carbonyl (C=O) groups is 1. The number of rotatable bonds is 6. The van der Waals surface area contributed by atoms with Gasteiger partial charge < -0.3 is 4.74 Å². The maximum Gasteiger partial charge on any atom is 0.573 e. The molecule has 0 aliphatic carbocycles. The van der Waals surface area contributed by atoms with Gasteiger partial charge in [-0.25, -0.2) is 5.01 Å². The number of hydrogen-bond acceptors (Lipinski definition) is 3. The van der Waals surface area contributed by atoms with Gasteiger partial charge in [0.15, 0.2) is 0 Å². The molecule has 4 rings (SSSR count). The van der Waals surface area contributed by atoms with Crippen LogP contribution in [0.25, 0.3) is 11.1 Å². The number of nitrogens with zero attached hydrogens (tertiary/aromatic N) is 2. The molecule has 1 amide bonds. The molecule has 1 aliphatic rings. The normalized spacial score (nSPS) is 16.1. The molecule has 1 atom stereocenters. The minimum Gasteiger partial charge on any atom is -0.406 e. The zero-order chi connectivity index (χ0) is 26.1. The molecule has 0 saturated carbocycles. The fraction of sp³-hybridized carbons (Fsp3) is 0.231. The van der Waals surface area contributed by atoms with Crippen LogP contribution in [-0.4, -0.2) is 28.9 Å². The number of halogens is 6. The van der Waals surface area contributed by atoms with Crippen molar-refractivity contribution < 1.29 is 31.5 Å². The molecule has 3 aromatic carbocycles. The summed E-state index contributed by atoms with van der Waals surface area (Å²) in [5.41, 5.74) is 2.94. The predicted molar refractivity (Wildman–Crippen MR) is 126 cm³/mol. The van der Waals surface area contributed by atoms with Crippen molar-refractivity contribution in [3.05, 3.63) is 88.9 Å². The molecule has 10 heteroatoms. The molecule has 0 aromatic heterocycles. The zero-order valence-corrected chi connectivity index (χ0v) is 19.7. The minimum absolute atomic E-state index is 0.0790. The Morgan fingerprint density at radius 2 is 1.58 bits per heavy atom. The van der Waals surface area contributed by atoms with E-state index in [1.165, 1.54) is 19.1 Å². The Kier molecular flexibility index (Phi) is 7.04. The van der Waals surface area contributed by atoms with Crippen LogP contribution in [0.15, 0.2) is 77.9 Å². The van der Waals surface area contributed by atoms with Crippen LogP contribution < -0.4 is 4.74 Å². The lowest BCUT2D eigenvalue weighted by atomic mass is 9.92. The summed E-state index contributed by atoms with van der Waals surface area (Å²) in [6, 6.07) is 18.0. The van der Waals surface area contributed by atoms with Crippen molar-refractivity contribution in [1.29, 1.82) is 0 Å². The van der Waals surface area contributed by atoms with Crippen LogP contribution in [0.4, 0.5) is 22.0 Å². The van der Waals surface area contributed by atoms with Crippen LogP contribution in [0.1, 0.15) is 36.9 Å². The molecular formula is C26H20ClF5N2O2. The maximum atomic E-state index is 14.4. The van der Waals surface area contributed by atoms with Gasteiger partial charge in [0.2, 0.25) is 0 Å². The van der Waals surface area contributed by atoms with Crippen molar-refractivity contribution in [2.45, 2.75) is 38.1 Å².